The molecule has 0 unspecified atom stereocenters. The number of benzene rings is 1. The minimum Gasteiger partial charge on any atom is -0.493 e. The predicted molar refractivity (Wildman–Crippen MR) is 58.6 cm³/mol. The number of ether oxygens (including phenoxy) is 1. The van der Waals surface area contributed by atoms with Crippen molar-refractivity contribution < 1.29 is 9.53 Å². The number of Topliss-reactive ketones (excluding diaryl/α,β-unsaturated/α-hetero) is 1. The molecule has 2 rings (SSSR count). The molecular weight excluding hydrogens is 190 g/mol. The van der Waals surface area contributed by atoms with Crippen LogP contribution in [-0.2, 0) is 6.42 Å². The number of carbonyl (C=O) groups excluding carboxylic acids is 1. The number of fused-ring (bicyclic) bond motifs is 1. The summed E-state index contributed by atoms with van der Waals surface area (Å²) in [5.74, 6) is 1.10. The van der Waals surface area contributed by atoms with Crippen LogP contribution in [0.3, 0.4) is 0 Å². The number of rotatable bonds is 3. The molecule has 0 saturated heterocycles. The van der Waals surface area contributed by atoms with Crippen molar-refractivity contribution >= 4 is 5.78 Å². The first-order valence-electron chi connectivity index (χ1n) is 5.16. The molecule has 0 saturated carbocycles. The fourth-order valence-electron chi connectivity index (χ4n) is 1.93. The lowest BCUT2D eigenvalue weighted by Gasteiger charge is -2.06. The average molecular weight is 205 g/mol. The first kappa shape index (κ1) is 10.2. The lowest BCUT2D eigenvalue weighted by molar-refractivity contribution is 0.0993. The largest absolute Gasteiger partial charge is 0.493 e. The summed E-state index contributed by atoms with van der Waals surface area (Å²) in [4.78, 5) is 11.7. The Morgan fingerprint density at radius 3 is 3.07 bits per heavy atom. The summed E-state index contributed by atoms with van der Waals surface area (Å²) in [5, 5.41) is 2.87. The molecule has 0 spiro atoms. The molecule has 80 valence electrons. The summed E-state index contributed by atoms with van der Waals surface area (Å²) in [6.07, 6.45) is 0.914. The lowest BCUT2D eigenvalue weighted by Crippen LogP contribution is -2.18. The van der Waals surface area contributed by atoms with Crippen molar-refractivity contribution in [2.45, 2.75) is 13.3 Å². The standard InChI is InChI=1S/C12H15NO2/c1-8-5-10(11(14)7-13-2)6-9-3-4-15-12(8)9/h5-6,13H,3-4,7H2,1-2H3. The van der Waals surface area contributed by atoms with Crippen molar-refractivity contribution in [1.29, 1.82) is 0 Å². The zero-order valence-electron chi connectivity index (χ0n) is 9.09. The summed E-state index contributed by atoms with van der Waals surface area (Å²) in [6, 6.07) is 3.86. The maximum absolute atomic E-state index is 11.7. The molecule has 0 amide bonds. The van der Waals surface area contributed by atoms with Crippen molar-refractivity contribution in [3.05, 3.63) is 28.8 Å². The number of hydrogen-bond donors (Lipinski definition) is 1. The van der Waals surface area contributed by atoms with Crippen LogP contribution in [0.1, 0.15) is 21.5 Å². The first-order chi connectivity index (χ1) is 7.22. The number of carbonyl (C=O) groups is 1. The van der Waals surface area contributed by atoms with Gasteiger partial charge in [0.2, 0.25) is 0 Å². The van der Waals surface area contributed by atoms with E-state index in [1.165, 1.54) is 0 Å². The third kappa shape index (κ3) is 1.88. The van der Waals surface area contributed by atoms with E-state index in [2.05, 4.69) is 5.32 Å². The fourth-order valence-corrected chi connectivity index (χ4v) is 1.93. The van der Waals surface area contributed by atoms with Gasteiger partial charge in [0.05, 0.1) is 13.2 Å². The number of nitrogens with one attached hydrogen (secondary N) is 1. The molecule has 1 aliphatic heterocycles. The van der Waals surface area contributed by atoms with Crippen LogP contribution < -0.4 is 10.1 Å². The summed E-state index contributed by atoms with van der Waals surface area (Å²) in [5.41, 5.74) is 3.00. The predicted octanol–water partition coefficient (Wildman–Crippen LogP) is 1.33. The summed E-state index contributed by atoms with van der Waals surface area (Å²) in [7, 11) is 1.78. The Morgan fingerprint density at radius 1 is 1.53 bits per heavy atom. The van der Waals surface area contributed by atoms with Crippen LogP contribution in [-0.4, -0.2) is 26.0 Å². The molecule has 0 aliphatic carbocycles. The van der Waals surface area contributed by atoms with Gasteiger partial charge in [0, 0.05) is 12.0 Å². The van der Waals surface area contributed by atoms with Crippen LogP contribution in [0.4, 0.5) is 0 Å². The monoisotopic (exact) mass is 205 g/mol. The van der Waals surface area contributed by atoms with E-state index in [-0.39, 0.29) is 5.78 Å². The SMILES string of the molecule is CNCC(=O)c1cc(C)c2c(c1)CCO2. The first-order valence-corrected chi connectivity index (χ1v) is 5.16. The Kier molecular flexibility index (Phi) is 2.73. The van der Waals surface area contributed by atoms with Crippen LogP contribution in [0.15, 0.2) is 12.1 Å². The van der Waals surface area contributed by atoms with E-state index in [9.17, 15) is 4.79 Å². The van der Waals surface area contributed by atoms with Gasteiger partial charge in [-0.25, -0.2) is 0 Å². The van der Waals surface area contributed by atoms with E-state index in [0.29, 0.717) is 6.54 Å². The van der Waals surface area contributed by atoms with Crippen LogP contribution in [0, 0.1) is 6.92 Å². The van der Waals surface area contributed by atoms with E-state index < -0.39 is 0 Å². The Hall–Kier alpha value is -1.35. The molecule has 0 bridgehead atoms. The highest BCUT2D eigenvalue weighted by molar-refractivity contribution is 5.98. The quantitative estimate of drug-likeness (QED) is 0.757. The highest BCUT2D eigenvalue weighted by Gasteiger charge is 2.17. The van der Waals surface area contributed by atoms with Gasteiger partial charge in [-0.2, -0.15) is 0 Å². The number of ketones is 1. The fraction of sp³-hybridized carbons (Fsp3) is 0.417. The number of likely N-dealkylation sites (N-methyl/N-ethyl adjacent to an activating group) is 1. The molecule has 0 aromatic heterocycles. The molecule has 3 heteroatoms. The van der Waals surface area contributed by atoms with Crippen LogP contribution >= 0.6 is 0 Å². The van der Waals surface area contributed by atoms with Gasteiger partial charge in [0.15, 0.2) is 5.78 Å². The zero-order chi connectivity index (χ0) is 10.8. The molecule has 0 radical (unpaired) electrons. The third-order valence-electron chi connectivity index (χ3n) is 2.63. The molecule has 1 aromatic carbocycles. The summed E-state index contributed by atoms with van der Waals surface area (Å²) < 4.78 is 5.50. The van der Waals surface area contributed by atoms with Crippen molar-refractivity contribution in [3.8, 4) is 5.75 Å². The molecule has 0 fully saturated rings. The Morgan fingerprint density at radius 2 is 2.33 bits per heavy atom. The average Bonchev–Trinajstić information content (AvgIpc) is 2.66. The smallest absolute Gasteiger partial charge is 0.176 e. The van der Waals surface area contributed by atoms with Crippen LogP contribution in [0.5, 0.6) is 5.75 Å². The van der Waals surface area contributed by atoms with Crippen LogP contribution in [0.2, 0.25) is 0 Å². The van der Waals surface area contributed by atoms with Gasteiger partial charge >= 0.3 is 0 Å². The molecule has 1 aliphatic rings. The summed E-state index contributed by atoms with van der Waals surface area (Å²) >= 11 is 0. The molecule has 1 aromatic rings. The maximum Gasteiger partial charge on any atom is 0.176 e. The number of hydrogen-bond acceptors (Lipinski definition) is 3. The third-order valence-corrected chi connectivity index (χ3v) is 2.63. The molecule has 0 atom stereocenters. The topological polar surface area (TPSA) is 38.3 Å². The Labute approximate surface area is 89.4 Å². The Balaban J connectivity index is 2.35. The minimum absolute atomic E-state index is 0.135. The summed E-state index contributed by atoms with van der Waals surface area (Å²) in [6.45, 7) is 3.11. The molecule has 1 heterocycles. The van der Waals surface area contributed by atoms with E-state index in [0.717, 1.165) is 35.5 Å². The van der Waals surface area contributed by atoms with E-state index >= 15 is 0 Å². The molecule has 3 nitrogen and oxygen atoms in total. The minimum atomic E-state index is 0.135. The van der Waals surface area contributed by atoms with Gasteiger partial charge in [-0.15, -0.1) is 0 Å². The van der Waals surface area contributed by atoms with E-state index in [4.69, 9.17) is 4.74 Å². The number of aryl methyl sites for hydroxylation is 1. The van der Waals surface area contributed by atoms with Gasteiger partial charge in [0.1, 0.15) is 5.75 Å². The second kappa shape index (κ2) is 4.03. The van der Waals surface area contributed by atoms with Crippen LogP contribution in [0.25, 0.3) is 0 Å². The zero-order valence-corrected chi connectivity index (χ0v) is 9.09. The second-order valence-corrected chi connectivity index (χ2v) is 3.83. The van der Waals surface area contributed by atoms with Gasteiger partial charge in [-0.3, -0.25) is 4.79 Å². The van der Waals surface area contributed by atoms with E-state index in [1.807, 2.05) is 19.1 Å². The van der Waals surface area contributed by atoms with E-state index in [1.54, 1.807) is 7.05 Å². The molecule has 1 N–H and O–H groups in total. The normalized spacial score (nSPS) is 13.5. The lowest BCUT2D eigenvalue weighted by atomic mass is 10.0. The maximum atomic E-state index is 11.7. The van der Waals surface area contributed by atoms with Crippen molar-refractivity contribution in [2.75, 3.05) is 20.2 Å². The van der Waals surface area contributed by atoms with Gasteiger partial charge in [0.25, 0.3) is 0 Å². The van der Waals surface area contributed by atoms with Gasteiger partial charge in [-0.05, 0) is 37.2 Å². The second-order valence-electron chi connectivity index (χ2n) is 3.83. The molecular formula is C12H15NO2. The van der Waals surface area contributed by atoms with Crippen molar-refractivity contribution in [1.82, 2.24) is 5.32 Å². The molecule has 15 heavy (non-hydrogen) atoms. The Bertz CT molecular complexity index is 399. The highest BCUT2D eigenvalue weighted by Crippen LogP contribution is 2.30. The van der Waals surface area contributed by atoms with Gasteiger partial charge in [-0.1, -0.05) is 0 Å². The van der Waals surface area contributed by atoms with Gasteiger partial charge < -0.3 is 10.1 Å². The van der Waals surface area contributed by atoms with Crippen molar-refractivity contribution in [2.24, 2.45) is 0 Å². The van der Waals surface area contributed by atoms with Crippen molar-refractivity contribution in [3.63, 3.8) is 0 Å². The highest BCUT2D eigenvalue weighted by atomic mass is 16.5.